The van der Waals surface area contributed by atoms with E-state index < -0.39 is 5.91 Å². The number of primary amides is 1. The Balaban J connectivity index is 3.21. The highest BCUT2D eigenvalue weighted by Crippen LogP contribution is 2.17. The minimum Gasteiger partial charge on any atom is -0.378 e. The number of hydrogen-bond acceptors (Lipinski definition) is 4. The Bertz CT molecular complexity index is 515. The van der Waals surface area contributed by atoms with Gasteiger partial charge in [0.1, 0.15) is 12.0 Å². The normalized spacial score (nSPS) is 9.12. The van der Waals surface area contributed by atoms with E-state index in [0.29, 0.717) is 17.5 Å². The number of anilines is 1. The van der Waals surface area contributed by atoms with Crippen molar-refractivity contribution < 1.29 is 9.59 Å². The van der Waals surface area contributed by atoms with E-state index in [1.54, 1.807) is 12.1 Å². The van der Waals surface area contributed by atoms with Gasteiger partial charge in [-0.05, 0) is 18.2 Å². The highest BCUT2D eigenvalue weighted by atomic mass is 16.1. The highest BCUT2D eigenvalue weighted by Gasteiger charge is 2.13. The minimum atomic E-state index is -0.853. The van der Waals surface area contributed by atoms with Crippen LogP contribution in [0.1, 0.15) is 11.1 Å². The third kappa shape index (κ3) is 2.92. The Labute approximate surface area is 98.5 Å². The van der Waals surface area contributed by atoms with Crippen LogP contribution in [0.25, 0.3) is 0 Å². The maximum absolute atomic E-state index is 11.0. The lowest BCUT2D eigenvalue weighted by Gasteiger charge is -2.10. The van der Waals surface area contributed by atoms with Gasteiger partial charge in [-0.1, -0.05) is 5.92 Å². The Hall–Kier alpha value is -2.61. The van der Waals surface area contributed by atoms with E-state index in [1.165, 1.54) is 6.07 Å². The summed E-state index contributed by atoms with van der Waals surface area (Å²) in [7, 11) is 0. The van der Waals surface area contributed by atoms with Gasteiger partial charge in [0, 0.05) is 16.8 Å². The Morgan fingerprint density at radius 1 is 1.59 bits per heavy atom. The van der Waals surface area contributed by atoms with E-state index in [2.05, 4.69) is 11.2 Å². The first-order valence-corrected chi connectivity index (χ1v) is 4.77. The summed E-state index contributed by atoms with van der Waals surface area (Å²) in [6.45, 7) is 0.0778. The second-order valence-corrected chi connectivity index (χ2v) is 3.19. The summed E-state index contributed by atoms with van der Waals surface area (Å²) in [6.07, 6.45) is 5.91. The van der Waals surface area contributed by atoms with E-state index in [0.717, 1.165) is 0 Å². The van der Waals surface area contributed by atoms with Crippen molar-refractivity contribution in [2.24, 2.45) is 5.73 Å². The average molecular weight is 229 g/mol. The molecule has 0 saturated carbocycles. The zero-order valence-electron chi connectivity index (χ0n) is 8.99. The quantitative estimate of drug-likeness (QED) is 0.380. The number of hydrogen-bond donors (Lipinski definition) is 3. The van der Waals surface area contributed by atoms with Crippen LogP contribution in [-0.2, 0) is 9.59 Å². The summed E-state index contributed by atoms with van der Waals surface area (Å²) in [6, 6.07) is 4.75. The molecular formula is C12H11N3O2. The van der Waals surface area contributed by atoms with Crippen LogP contribution >= 0.6 is 0 Å². The lowest BCUT2D eigenvalue weighted by molar-refractivity contribution is -0.112. The molecule has 0 bridgehead atoms. The van der Waals surface area contributed by atoms with Gasteiger partial charge in [0.05, 0.1) is 6.54 Å². The van der Waals surface area contributed by atoms with Crippen LogP contribution in [0.2, 0.25) is 0 Å². The zero-order chi connectivity index (χ0) is 12.8. The summed E-state index contributed by atoms with van der Waals surface area (Å²) in [5.74, 6) is 1.54. The molecule has 1 amide bonds. The summed E-state index contributed by atoms with van der Waals surface area (Å²) in [5, 5.41) is 10.3. The number of terminal acetylenes is 1. The Kier molecular flexibility index (Phi) is 4.01. The summed E-state index contributed by atoms with van der Waals surface area (Å²) >= 11 is 0. The van der Waals surface area contributed by atoms with Crippen molar-refractivity contribution in [3.05, 3.63) is 29.3 Å². The molecule has 0 aliphatic carbocycles. The number of nitrogens with one attached hydrogen (secondary N) is 2. The SMILES string of the molecule is C#Cc1ccc(NCC=O)c(C(=N)C(N)=O)c1. The van der Waals surface area contributed by atoms with Crippen molar-refractivity contribution in [3.63, 3.8) is 0 Å². The molecule has 1 rings (SSSR count). The molecule has 0 radical (unpaired) electrons. The molecular weight excluding hydrogens is 218 g/mol. The third-order valence-electron chi connectivity index (χ3n) is 2.08. The molecule has 4 N–H and O–H groups in total. The largest absolute Gasteiger partial charge is 0.378 e. The standard InChI is InChI=1S/C12H11N3O2/c1-2-8-3-4-10(15-5-6-16)9(7-8)11(13)12(14)17/h1,3-4,6-7,13,15H,5H2,(H2,14,17). The van der Waals surface area contributed by atoms with Crippen LogP contribution in [0.5, 0.6) is 0 Å². The molecule has 17 heavy (non-hydrogen) atoms. The molecule has 0 atom stereocenters. The molecule has 5 nitrogen and oxygen atoms in total. The fourth-order valence-corrected chi connectivity index (χ4v) is 1.28. The predicted octanol–water partition coefficient (Wildman–Crippen LogP) is 0.132. The molecule has 0 aliphatic heterocycles. The predicted molar refractivity (Wildman–Crippen MR) is 65.0 cm³/mol. The van der Waals surface area contributed by atoms with Crippen molar-refractivity contribution in [1.82, 2.24) is 0 Å². The summed E-state index contributed by atoms with van der Waals surface area (Å²) in [4.78, 5) is 21.3. The average Bonchev–Trinajstić information content (AvgIpc) is 2.35. The van der Waals surface area contributed by atoms with Gasteiger partial charge in [0.25, 0.3) is 5.91 Å². The van der Waals surface area contributed by atoms with Gasteiger partial charge in [-0.15, -0.1) is 6.42 Å². The lowest BCUT2D eigenvalue weighted by atomic mass is 10.0. The number of nitrogens with two attached hydrogens (primary N) is 1. The van der Waals surface area contributed by atoms with Gasteiger partial charge < -0.3 is 15.8 Å². The molecule has 0 heterocycles. The maximum Gasteiger partial charge on any atom is 0.267 e. The topological polar surface area (TPSA) is 96.0 Å². The van der Waals surface area contributed by atoms with Crippen molar-refractivity contribution in [1.29, 1.82) is 5.41 Å². The molecule has 0 spiro atoms. The molecule has 86 valence electrons. The van der Waals surface area contributed by atoms with Crippen LogP contribution in [0.15, 0.2) is 18.2 Å². The van der Waals surface area contributed by atoms with Gasteiger partial charge in [-0.3, -0.25) is 10.2 Å². The van der Waals surface area contributed by atoms with E-state index >= 15 is 0 Å². The van der Waals surface area contributed by atoms with Gasteiger partial charge in [-0.25, -0.2) is 0 Å². The third-order valence-corrected chi connectivity index (χ3v) is 2.08. The minimum absolute atomic E-state index is 0.0778. The summed E-state index contributed by atoms with van der Waals surface area (Å²) in [5.41, 5.74) is 5.98. The van der Waals surface area contributed by atoms with Crippen molar-refractivity contribution >= 4 is 23.6 Å². The van der Waals surface area contributed by atoms with E-state index in [1.807, 2.05) is 0 Å². The number of rotatable bonds is 5. The van der Waals surface area contributed by atoms with Gasteiger partial charge in [-0.2, -0.15) is 0 Å². The molecule has 0 fully saturated rings. The first-order valence-electron chi connectivity index (χ1n) is 4.77. The fraction of sp³-hybridized carbons (Fsp3) is 0.0833. The molecule has 1 aromatic rings. The first-order chi connectivity index (χ1) is 8.10. The Morgan fingerprint density at radius 3 is 2.82 bits per heavy atom. The highest BCUT2D eigenvalue weighted by molar-refractivity contribution is 6.44. The van der Waals surface area contributed by atoms with Crippen LogP contribution in [-0.4, -0.2) is 24.4 Å². The molecule has 0 unspecified atom stereocenters. The van der Waals surface area contributed by atoms with Gasteiger partial charge in [0.2, 0.25) is 0 Å². The van der Waals surface area contributed by atoms with Crippen LogP contribution in [0, 0.1) is 17.8 Å². The second kappa shape index (κ2) is 5.47. The van der Waals surface area contributed by atoms with Crippen molar-refractivity contribution in [3.8, 4) is 12.3 Å². The van der Waals surface area contributed by atoms with Gasteiger partial charge in [0.15, 0.2) is 0 Å². The fourth-order valence-electron chi connectivity index (χ4n) is 1.28. The molecule has 0 aliphatic rings. The molecule has 0 aromatic heterocycles. The number of carbonyl (C=O) groups is 2. The van der Waals surface area contributed by atoms with E-state index in [9.17, 15) is 9.59 Å². The monoisotopic (exact) mass is 229 g/mol. The zero-order valence-corrected chi connectivity index (χ0v) is 8.99. The van der Waals surface area contributed by atoms with Crippen molar-refractivity contribution in [2.75, 3.05) is 11.9 Å². The smallest absolute Gasteiger partial charge is 0.267 e. The maximum atomic E-state index is 11.0. The summed E-state index contributed by atoms with van der Waals surface area (Å²) < 4.78 is 0. The van der Waals surface area contributed by atoms with Crippen LogP contribution < -0.4 is 11.1 Å². The van der Waals surface area contributed by atoms with Crippen LogP contribution in [0.4, 0.5) is 5.69 Å². The van der Waals surface area contributed by atoms with E-state index in [4.69, 9.17) is 17.6 Å². The van der Waals surface area contributed by atoms with E-state index in [-0.39, 0.29) is 17.8 Å². The van der Waals surface area contributed by atoms with Gasteiger partial charge >= 0.3 is 0 Å². The first kappa shape index (κ1) is 12.5. The Morgan fingerprint density at radius 2 is 2.29 bits per heavy atom. The number of carbonyl (C=O) groups excluding carboxylic acids is 2. The second-order valence-electron chi connectivity index (χ2n) is 3.19. The number of benzene rings is 1. The number of amides is 1. The van der Waals surface area contributed by atoms with Crippen LogP contribution in [0.3, 0.4) is 0 Å². The number of aldehydes is 1. The molecule has 5 heteroatoms. The lowest BCUT2D eigenvalue weighted by Crippen LogP contribution is -2.24. The van der Waals surface area contributed by atoms with Crippen molar-refractivity contribution in [2.45, 2.75) is 0 Å². The molecule has 1 aromatic carbocycles. The molecule has 0 saturated heterocycles.